The van der Waals surface area contributed by atoms with Gasteiger partial charge in [-0.05, 0) is 45.2 Å². The van der Waals surface area contributed by atoms with Crippen LogP contribution in [0.4, 0.5) is 0 Å². The van der Waals surface area contributed by atoms with Gasteiger partial charge in [0.2, 0.25) is 0 Å². The maximum atomic E-state index is 10.4. The zero-order chi connectivity index (χ0) is 11.5. The van der Waals surface area contributed by atoms with E-state index in [1.165, 1.54) is 25.9 Å². The van der Waals surface area contributed by atoms with E-state index >= 15 is 0 Å². The first-order valence-electron chi connectivity index (χ1n) is 6.07. The van der Waals surface area contributed by atoms with Crippen LogP contribution in [0.25, 0.3) is 0 Å². The van der Waals surface area contributed by atoms with E-state index in [-0.39, 0.29) is 5.97 Å². The summed E-state index contributed by atoms with van der Waals surface area (Å²) in [7, 11) is 0. The third-order valence-corrected chi connectivity index (χ3v) is 2.30. The number of rotatable bonds is 3. The Labute approximate surface area is 93.6 Å². The van der Waals surface area contributed by atoms with Crippen molar-refractivity contribution in [2.75, 3.05) is 19.7 Å². The third kappa shape index (κ3) is 9.73. The monoisotopic (exact) mass is 215 g/mol. The molecule has 1 aliphatic rings. The van der Waals surface area contributed by atoms with Crippen LogP contribution in [0.2, 0.25) is 0 Å². The second kappa shape index (κ2) is 9.97. The van der Waals surface area contributed by atoms with Crippen molar-refractivity contribution in [3.05, 3.63) is 0 Å². The Morgan fingerprint density at radius 2 is 2.20 bits per heavy atom. The summed E-state index contributed by atoms with van der Waals surface area (Å²) < 4.78 is 4.64. The van der Waals surface area contributed by atoms with E-state index in [4.69, 9.17) is 0 Å². The Balaban J connectivity index is 0.000000262. The highest BCUT2D eigenvalue weighted by molar-refractivity contribution is 5.69. The highest BCUT2D eigenvalue weighted by Crippen LogP contribution is 2.06. The number of piperidine rings is 1. The van der Waals surface area contributed by atoms with E-state index in [1.807, 2.05) is 13.8 Å². The second-order valence-corrected chi connectivity index (χ2v) is 4.01. The molecule has 0 aromatic heterocycles. The van der Waals surface area contributed by atoms with Crippen molar-refractivity contribution in [1.29, 1.82) is 0 Å². The molecule has 3 nitrogen and oxygen atoms in total. The molecule has 90 valence electrons. The topological polar surface area (TPSA) is 38.3 Å². The van der Waals surface area contributed by atoms with Gasteiger partial charge in [0.1, 0.15) is 0 Å². The molecule has 0 aliphatic carbocycles. The normalized spacial score (nSPS) is 20.1. The molecule has 0 amide bonds. The summed E-state index contributed by atoms with van der Waals surface area (Å²) in [6.45, 7) is 9.04. The summed E-state index contributed by atoms with van der Waals surface area (Å²) in [5, 5.41) is 3.33. The van der Waals surface area contributed by atoms with E-state index < -0.39 is 0 Å². The summed E-state index contributed by atoms with van der Waals surface area (Å²) in [5.74, 6) is 0.837. The Bertz CT molecular complexity index is 146. The van der Waals surface area contributed by atoms with Crippen LogP contribution in [0.5, 0.6) is 0 Å². The highest BCUT2D eigenvalue weighted by Gasteiger charge is 2.04. The van der Waals surface area contributed by atoms with Crippen molar-refractivity contribution in [2.45, 2.75) is 46.5 Å². The zero-order valence-corrected chi connectivity index (χ0v) is 10.3. The number of carbonyl (C=O) groups excluding carboxylic acids is 1. The van der Waals surface area contributed by atoms with Gasteiger partial charge >= 0.3 is 5.97 Å². The van der Waals surface area contributed by atoms with Crippen LogP contribution >= 0.6 is 0 Å². The van der Waals surface area contributed by atoms with E-state index in [2.05, 4.69) is 17.0 Å². The van der Waals surface area contributed by atoms with Crippen LogP contribution in [-0.2, 0) is 9.53 Å². The molecule has 1 N–H and O–H groups in total. The van der Waals surface area contributed by atoms with E-state index in [0.717, 1.165) is 12.3 Å². The van der Waals surface area contributed by atoms with E-state index in [0.29, 0.717) is 13.0 Å². The van der Waals surface area contributed by atoms with Gasteiger partial charge in [0.15, 0.2) is 0 Å². The maximum Gasteiger partial charge on any atom is 0.305 e. The fourth-order valence-corrected chi connectivity index (χ4v) is 1.46. The summed E-state index contributed by atoms with van der Waals surface area (Å²) in [6.07, 6.45) is 4.22. The van der Waals surface area contributed by atoms with Crippen molar-refractivity contribution in [1.82, 2.24) is 5.32 Å². The quantitative estimate of drug-likeness (QED) is 0.734. The molecule has 1 aliphatic heterocycles. The molecule has 1 saturated heterocycles. The maximum absolute atomic E-state index is 10.4. The van der Waals surface area contributed by atoms with Crippen molar-refractivity contribution >= 4 is 5.97 Å². The first-order valence-corrected chi connectivity index (χ1v) is 6.07. The van der Waals surface area contributed by atoms with Gasteiger partial charge in [-0.3, -0.25) is 4.79 Å². The van der Waals surface area contributed by atoms with Crippen LogP contribution in [0.3, 0.4) is 0 Å². The fourth-order valence-electron chi connectivity index (χ4n) is 1.46. The molecule has 1 atom stereocenters. The largest absolute Gasteiger partial charge is 0.466 e. The third-order valence-electron chi connectivity index (χ3n) is 2.30. The van der Waals surface area contributed by atoms with Crippen molar-refractivity contribution in [2.24, 2.45) is 5.92 Å². The lowest BCUT2D eigenvalue weighted by Gasteiger charge is -2.17. The number of esters is 1. The smallest absolute Gasteiger partial charge is 0.305 e. The van der Waals surface area contributed by atoms with Gasteiger partial charge in [0.05, 0.1) is 6.61 Å². The van der Waals surface area contributed by atoms with Gasteiger partial charge in [-0.15, -0.1) is 0 Å². The van der Waals surface area contributed by atoms with Crippen molar-refractivity contribution < 1.29 is 9.53 Å². The Hall–Kier alpha value is -0.570. The van der Waals surface area contributed by atoms with Crippen LogP contribution < -0.4 is 5.32 Å². The van der Waals surface area contributed by atoms with Crippen LogP contribution in [0.15, 0.2) is 0 Å². The first-order chi connectivity index (χ1) is 7.20. The van der Waals surface area contributed by atoms with Gasteiger partial charge in [-0.2, -0.15) is 0 Å². The number of hydrogen-bond acceptors (Lipinski definition) is 3. The molecule has 0 radical (unpaired) electrons. The molecule has 1 rings (SSSR count). The molecule has 0 bridgehead atoms. The Morgan fingerprint density at radius 3 is 2.53 bits per heavy atom. The minimum atomic E-state index is -0.0880. The van der Waals surface area contributed by atoms with Crippen molar-refractivity contribution in [3.8, 4) is 0 Å². The molecule has 1 heterocycles. The minimum absolute atomic E-state index is 0.0880. The number of ether oxygens (including phenoxy) is 1. The average Bonchev–Trinajstić information content (AvgIpc) is 2.20. The van der Waals surface area contributed by atoms with Gasteiger partial charge in [0, 0.05) is 6.42 Å². The predicted octanol–water partition coefficient (Wildman–Crippen LogP) is 2.36. The molecule has 0 aromatic rings. The molecule has 0 spiro atoms. The molecule has 3 heteroatoms. The summed E-state index contributed by atoms with van der Waals surface area (Å²) >= 11 is 0. The molecular weight excluding hydrogens is 190 g/mol. The lowest BCUT2D eigenvalue weighted by atomic mass is 10.0. The first kappa shape index (κ1) is 14.4. The summed E-state index contributed by atoms with van der Waals surface area (Å²) in [4.78, 5) is 10.4. The molecule has 1 fully saturated rings. The zero-order valence-electron chi connectivity index (χ0n) is 10.3. The summed E-state index contributed by atoms with van der Waals surface area (Å²) in [5.41, 5.74) is 0. The standard InChI is InChI=1S/C6H13N.C6H12O2/c1-6-3-2-4-7-5-6;1-3-5-6(7)8-4-2/h6-7H,2-5H2,1H3;3-5H2,1-2H3. The van der Waals surface area contributed by atoms with E-state index in [1.54, 1.807) is 0 Å². The SMILES string of the molecule is CC1CCCNC1.CCCC(=O)OCC. The van der Waals surface area contributed by atoms with Crippen LogP contribution in [0, 0.1) is 5.92 Å². The number of carbonyl (C=O) groups is 1. The van der Waals surface area contributed by atoms with Gasteiger partial charge in [-0.25, -0.2) is 0 Å². The van der Waals surface area contributed by atoms with Gasteiger partial charge < -0.3 is 10.1 Å². The van der Waals surface area contributed by atoms with Crippen LogP contribution in [0.1, 0.15) is 46.5 Å². The predicted molar refractivity (Wildman–Crippen MR) is 62.8 cm³/mol. The molecule has 1 unspecified atom stereocenters. The average molecular weight is 215 g/mol. The molecule has 0 saturated carbocycles. The Morgan fingerprint density at radius 1 is 1.47 bits per heavy atom. The summed E-state index contributed by atoms with van der Waals surface area (Å²) in [6, 6.07) is 0. The number of nitrogens with one attached hydrogen (secondary N) is 1. The van der Waals surface area contributed by atoms with Crippen LogP contribution in [-0.4, -0.2) is 25.7 Å². The molecular formula is C12H25NO2. The lowest BCUT2D eigenvalue weighted by Crippen LogP contribution is -2.27. The van der Waals surface area contributed by atoms with Gasteiger partial charge in [0.25, 0.3) is 0 Å². The Kier molecular flexibility index (Phi) is 9.59. The lowest BCUT2D eigenvalue weighted by molar-refractivity contribution is -0.143. The second-order valence-electron chi connectivity index (χ2n) is 4.01. The molecule has 15 heavy (non-hydrogen) atoms. The highest BCUT2D eigenvalue weighted by atomic mass is 16.5. The van der Waals surface area contributed by atoms with E-state index in [9.17, 15) is 4.79 Å². The molecule has 0 aromatic carbocycles. The number of hydrogen-bond donors (Lipinski definition) is 1. The van der Waals surface area contributed by atoms with Crippen molar-refractivity contribution in [3.63, 3.8) is 0 Å². The minimum Gasteiger partial charge on any atom is -0.466 e. The van der Waals surface area contributed by atoms with Gasteiger partial charge in [-0.1, -0.05) is 13.8 Å². The fraction of sp³-hybridized carbons (Fsp3) is 0.917.